The average Bonchev–Trinajstić information content (AvgIpc) is 3.29. The molecule has 0 amide bonds. The topological polar surface area (TPSA) is 126 Å². The number of fused-ring (bicyclic) bond motifs is 1. The highest BCUT2D eigenvalue weighted by Crippen LogP contribution is 2.32. The number of rotatable bonds is 9. The number of anilines is 1. The highest BCUT2D eigenvalue weighted by molar-refractivity contribution is 7.07. The monoisotopic (exact) mass is 590 g/mol. The van der Waals surface area contributed by atoms with Crippen LogP contribution in [0.15, 0.2) is 76.2 Å². The molecule has 0 saturated carbocycles. The summed E-state index contributed by atoms with van der Waals surface area (Å²) in [6, 6.07) is 11.0. The molecule has 0 N–H and O–H groups in total. The summed E-state index contributed by atoms with van der Waals surface area (Å²) in [6.45, 7) is 9.90. The summed E-state index contributed by atoms with van der Waals surface area (Å²) in [6.07, 6.45) is 3.30. The lowest BCUT2D eigenvalue weighted by Crippen LogP contribution is -2.40. The summed E-state index contributed by atoms with van der Waals surface area (Å²) in [5.41, 5.74) is 2.24. The van der Waals surface area contributed by atoms with Gasteiger partial charge in [0.05, 0.1) is 46.6 Å². The van der Waals surface area contributed by atoms with Gasteiger partial charge >= 0.3 is 5.97 Å². The van der Waals surface area contributed by atoms with E-state index in [-0.39, 0.29) is 23.4 Å². The molecule has 2 aliphatic rings. The molecule has 1 atom stereocenters. The Morgan fingerprint density at radius 2 is 1.98 bits per heavy atom. The fraction of sp³-hybridized carbons (Fsp3) is 0.300. The number of ether oxygens (including phenoxy) is 3. The Morgan fingerprint density at radius 3 is 2.64 bits per heavy atom. The number of benzene rings is 2. The molecule has 1 saturated heterocycles. The van der Waals surface area contributed by atoms with Crippen LogP contribution in [-0.2, 0) is 14.3 Å². The first-order chi connectivity index (χ1) is 20.3. The fourth-order valence-corrected chi connectivity index (χ4v) is 6.05. The number of esters is 1. The number of non-ortho nitro benzene ring substituents is 1. The molecule has 0 unspecified atom stereocenters. The van der Waals surface area contributed by atoms with Crippen LogP contribution in [0.4, 0.5) is 11.4 Å². The number of thiazole rings is 1. The standard InChI is InChI=1S/C30H30N4O7S/c1-4-14-41-23-9-6-20(7-10-23)27-26(29(36)40-5-2)19(3)31-30-33(27)28(35)25(42-30)18-21-17-22(34(37)38)8-11-24(21)32-12-15-39-16-13-32/h4,6-11,17-18,27H,1,5,12-16H2,2-3H3/b25-18-/t27-/m0/s1. The van der Waals surface area contributed by atoms with E-state index in [0.29, 0.717) is 64.8 Å². The molecular formula is C30H30N4O7S. The summed E-state index contributed by atoms with van der Waals surface area (Å²) in [5.74, 6) is 0.0593. The van der Waals surface area contributed by atoms with Crippen molar-refractivity contribution in [3.8, 4) is 5.75 Å². The first kappa shape index (κ1) is 29.0. The summed E-state index contributed by atoms with van der Waals surface area (Å²) in [5, 5.41) is 11.6. The molecule has 0 spiro atoms. The van der Waals surface area contributed by atoms with Crippen LogP contribution >= 0.6 is 11.3 Å². The number of nitro benzene ring substituents is 1. The van der Waals surface area contributed by atoms with Crippen molar-refractivity contribution >= 4 is 34.8 Å². The van der Waals surface area contributed by atoms with Crippen molar-refractivity contribution in [2.45, 2.75) is 19.9 Å². The molecule has 5 rings (SSSR count). The lowest BCUT2D eigenvalue weighted by molar-refractivity contribution is -0.384. The molecule has 2 aromatic carbocycles. The van der Waals surface area contributed by atoms with E-state index in [0.717, 1.165) is 17.0 Å². The number of hydrogen-bond acceptors (Lipinski definition) is 10. The first-order valence-corrected chi connectivity index (χ1v) is 14.3. The second-order valence-corrected chi connectivity index (χ2v) is 10.6. The summed E-state index contributed by atoms with van der Waals surface area (Å²) in [7, 11) is 0. The van der Waals surface area contributed by atoms with Crippen molar-refractivity contribution in [2.24, 2.45) is 4.99 Å². The lowest BCUT2D eigenvalue weighted by Gasteiger charge is -2.30. The van der Waals surface area contributed by atoms with Gasteiger partial charge in [-0.3, -0.25) is 19.5 Å². The fourth-order valence-electron chi connectivity index (χ4n) is 5.01. The number of hydrogen-bond donors (Lipinski definition) is 0. The zero-order chi connectivity index (χ0) is 29.8. The van der Waals surface area contributed by atoms with E-state index in [2.05, 4.69) is 16.5 Å². The van der Waals surface area contributed by atoms with Gasteiger partial charge in [0, 0.05) is 36.5 Å². The Hall–Kier alpha value is -4.55. The molecule has 1 fully saturated rings. The van der Waals surface area contributed by atoms with Gasteiger partial charge in [-0.25, -0.2) is 9.79 Å². The zero-order valence-electron chi connectivity index (χ0n) is 23.3. The van der Waals surface area contributed by atoms with Crippen molar-refractivity contribution in [2.75, 3.05) is 44.4 Å². The highest BCUT2D eigenvalue weighted by atomic mass is 32.1. The van der Waals surface area contributed by atoms with E-state index < -0.39 is 16.9 Å². The first-order valence-electron chi connectivity index (χ1n) is 13.5. The summed E-state index contributed by atoms with van der Waals surface area (Å²) < 4.78 is 18.3. The zero-order valence-corrected chi connectivity index (χ0v) is 24.1. The molecule has 11 nitrogen and oxygen atoms in total. The van der Waals surface area contributed by atoms with E-state index >= 15 is 0 Å². The Morgan fingerprint density at radius 1 is 1.24 bits per heavy atom. The minimum Gasteiger partial charge on any atom is -0.490 e. The maximum Gasteiger partial charge on any atom is 0.338 e. The number of nitrogens with zero attached hydrogens (tertiary/aromatic N) is 4. The Balaban J connectivity index is 1.67. The number of aromatic nitrogens is 1. The summed E-state index contributed by atoms with van der Waals surface area (Å²) in [4.78, 5) is 45.5. The van der Waals surface area contributed by atoms with Gasteiger partial charge in [-0.05, 0) is 43.7 Å². The Kier molecular flexibility index (Phi) is 8.64. The van der Waals surface area contributed by atoms with Crippen LogP contribution in [0, 0.1) is 10.1 Å². The number of allylic oxidation sites excluding steroid dienone is 1. The Labute approximate surface area is 245 Å². The van der Waals surface area contributed by atoms with Gasteiger partial charge < -0.3 is 19.1 Å². The van der Waals surface area contributed by atoms with Gasteiger partial charge in [-0.15, -0.1) is 0 Å². The van der Waals surface area contributed by atoms with E-state index in [1.807, 2.05) is 0 Å². The maximum atomic E-state index is 14.1. The minimum atomic E-state index is -0.792. The van der Waals surface area contributed by atoms with Crippen molar-refractivity contribution < 1.29 is 23.9 Å². The van der Waals surface area contributed by atoms with E-state index in [4.69, 9.17) is 14.2 Å². The molecule has 0 radical (unpaired) electrons. The SMILES string of the molecule is C=CCOc1ccc([C@H]2C(C(=O)OCC)=C(C)N=c3s/c(=C\c4cc([N+](=O)[O-])ccc4N4CCOCC4)c(=O)n32)cc1. The van der Waals surface area contributed by atoms with Crippen molar-refractivity contribution in [3.63, 3.8) is 0 Å². The van der Waals surface area contributed by atoms with Gasteiger partial charge in [0.2, 0.25) is 0 Å². The second kappa shape index (κ2) is 12.5. The maximum absolute atomic E-state index is 14.1. The molecule has 42 heavy (non-hydrogen) atoms. The van der Waals surface area contributed by atoms with Crippen molar-refractivity contribution in [1.29, 1.82) is 0 Å². The molecule has 0 aliphatic carbocycles. The third-order valence-corrected chi connectivity index (χ3v) is 7.92. The third-order valence-electron chi connectivity index (χ3n) is 6.94. The van der Waals surface area contributed by atoms with Gasteiger partial charge in [-0.2, -0.15) is 0 Å². The van der Waals surface area contributed by atoms with Crippen LogP contribution in [0.3, 0.4) is 0 Å². The quantitative estimate of drug-likeness (QED) is 0.161. The van der Waals surface area contributed by atoms with Gasteiger partial charge in [0.15, 0.2) is 4.80 Å². The molecule has 3 aromatic rings. The predicted octanol–water partition coefficient (Wildman–Crippen LogP) is 3.11. The minimum absolute atomic E-state index is 0.0804. The van der Waals surface area contributed by atoms with Crippen LogP contribution in [0.25, 0.3) is 6.08 Å². The van der Waals surface area contributed by atoms with Crippen LogP contribution in [-0.4, -0.2) is 55.0 Å². The van der Waals surface area contributed by atoms with Gasteiger partial charge in [0.25, 0.3) is 11.2 Å². The van der Waals surface area contributed by atoms with E-state index in [1.165, 1.54) is 16.7 Å². The summed E-state index contributed by atoms with van der Waals surface area (Å²) >= 11 is 1.16. The van der Waals surface area contributed by atoms with Gasteiger partial charge in [-0.1, -0.05) is 36.1 Å². The number of nitro groups is 1. The molecule has 12 heteroatoms. The predicted molar refractivity (Wildman–Crippen MR) is 159 cm³/mol. The molecule has 3 heterocycles. The van der Waals surface area contributed by atoms with E-state index in [9.17, 15) is 19.7 Å². The van der Waals surface area contributed by atoms with Crippen LogP contribution in [0.2, 0.25) is 0 Å². The van der Waals surface area contributed by atoms with Crippen LogP contribution in [0.5, 0.6) is 5.75 Å². The number of carbonyl (C=O) groups excluding carboxylic acids is 1. The third kappa shape index (κ3) is 5.76. The van der Waals surface area contributed by atoms with E-state index in [1.54, 1.807) is 56.3 Å². The lowest BCUT2D eigenvalue weighted by atomic mass is 9.96. The molecule has 1 aromatic heterocycles. The largest absolute Gasteiger partial charge is 0.490 e. The van der Waals surface area contributed by atoms with Crippen molar-refractivity contribution in [1.82, 2.24) is 4.57 Å². The molecule has 0 bridgehead atoms. The number of carbonyl (C=O) groups is 1. The van der Waals surface area contributed by atoms with Crippen LogP contribution < -0.4 is 24.5 Å². The second-order valence-electron chi connectivity index (χ2n) is 9.57. The van der Waals surface area contributed by atoms with Crippen molar-refractivity contribution in [3.05, 3.63) is 107 Å². The van der Waals surface area contributed by atoms with Gasteiger partial charge in [0.1, 0.15) is 12.4 Å². The molecular weight excluding hydrogens is 560 g/mol. The molecule has 2 aliphatic heterocycles. The normalized spacial score (nSPS) is 17.0. The van der Waals surface area contributed by atoms with Crippen LogP contribution in [0.1, 0.15) is 31.0 Å². The average molecular weight is 591 g/mol. The highest BCUT2D eigenvalue weighted by Gasteiger charge is 2.33. The smallest absolute Gasteiger partial charge is 0.338 e. The Bertz CT molecular complexity index is 1730. The molecule has 218 valence electrons. The number of morpholine rings is 1.